The average Bonchev–Trinajstić information content (AvgIpc) is 2.94. The van der Waals surface area contributed by atoms with Crippen molar-refractivity contribution in [2.24, 2.45) is 5.92 Å². The zero-order valence-electron chi connectivity index (χ0n) is 22.3. The van der Waals surface area contributed by atoms with Crippen LogP contribution in [-0.4, -0.2) is 28.1 Å². The van der Waals surface area contributed by atoms with Crippen LogP contribution in [0.2, 0.25) is 0 Å². The molecule has 0 radical (unpaired) electrons. The molecule has 0 N–H and O–H groups in total. The summed E-state index contributed by atoms with van der Waals surface area (Å²) in [7, 11) is -1.03. The molecule has 2 aromatic carbocycles. The van der Waals surface area contributed by atoms with Crippen LogP contribution in [0, 0.1) is 5.92 Å². The number of methoxy groups -OCH3 is 1. The first-order valence-corrected chi connectivity index (χ1v) is 15.2. The van der Waals surface area contributed by atoms with Gasteiger partial charge in [0.15, 0.2) is 0 Å². The quantitative estimate of drug-likeness (QED) is 0.261. The Balaban J connectivity index is 2.10. The summed E-state index contributed by atoms with van der Waals surface area (Å²) in [5.74, 6) is 0.615. The van der Waals surface area contributed by atoms with E-state index in [1.807, 2.05) is 0 Å². The third kappa shape index (κ3) is 7.39. The number of hydrogen-bond acceptors (Lipinski definition) is 2. The molecular formula is C32H44O2Si. The van der Waals surface area contributed by atoms with Crippen molar-refractivity contribution in [2.75, 3.05) is 13.7 Å². The minimum Gasteiger partial charge on any atom is -0.401 e. The second-order valence-electron chi connectivity index (χ2n) is 10.3. The third-order valence-electron chi connectivity index (χ3n) is 6.99. The van der Waals surface area contributed by atoms with Crippen LogP contribution in [0.3, 0.4) is 0 Å². The van der Waals surface area contributed by atoms with E-state index in [0.29, 0.717) is 12.5 Å². The SMILES string of the molecule is C=C(COC)/C1=C/CCCCC(C[C@@H](C)CCC=C(C)C)O[Si]1(c1ccccc1)c1ccccc1. The summed E-state index contributed by atoms with van der Waals surface area (Å²) >= 11 is 0. The third-order valence-corrected chi connectivity index (χ3v) is 11.3. The Morgan fingerprint density at radius 2 is 1.69 bits per heavy atom. The Bertz CT molecular complexity index is 934. The molecule has 2 atom stereocenters. The van der Waals surface area contributed by atoms with E-state index in [4.69, 9.17) is 9.16 Å². The number of hydrogen-bond donors (Lipinski definition) is 0. The van der Waals surface area contributed by atoms with Gasteiger partial charge in [0.2, 0.25) is 0 Å². The van der Waals surface area contributed by atoms with Crippen LogP contribution in [0.25, 0.3) is 0 Å². The molecule has 0 aliphatic carbocycles. The summed E-state index contributed by atoms with van der Waals surface area (Å²) < 4.78 is 13.1. The van der Waals surface area contributed by atoms with Gasteiger partial charge in [0, 0.05) is 13.2 Å². The van der Waals surface area contributed by atoms with Gasteiger partial charge in [0.1, 0.15) is 0 Å². The summed E-state index contributed by atoms with van der Waals surface area (Å²) in [5.41, 5.74) is 2.45. The van der Waals surface area contributed by atoms with Crippen LogP contribution in [0.15, 0.2) is 95.7 Å². The highest BCUT2D eigenvalue weighted by molar-refractivity contribution is 7.03. The summed E-state index contributed by atoms with van der Waals surface area (Å²) in [4.78, 5) is 0. The molecule has 2 aromatic rings. The largest absolute Gasteiger partial charge is 0.401 e. The van der Waals surface area contributed by atoms with Gasteiger partial charge in [-0.15, -0.1) is 0 Å². The van der Waals surface area contributed by atoms with Crippen molar-refractivity contribution in [3.63, 3.8) is 0 Å². The number of rotatable bonds is 10. The molecule has 0 bridgehead atoms. The van der Waals surface area contributed by atoms with Crippen LogP contribution < -0.4 is 10.4 Å². The zero-order valence-corrected chi connectivity index (χ0v) is 23.3. The number of benzene rings is 2. The van der Waals surface area contributed by atoms with Crippen molar-refractivity contribution in [1.29, 1.82) is 0 Å². The summed E-state index contributed by atoms with van der Waals surface area (Å²) in [6.45, 7) is 11.8. The summed E-state index contributed by atoms with van der Waals surface area (Å²) in [6, 6.07) is 21.9. The van der Waals surface area contributed by atoms with Gasteiger partial charge in [-0.1, -0.05) is 98.3 Å². The van der Waals surface area contributed by atoms with Crippen molar-refractivity contribution in [3.05, 3.63) is 95.7 Å². The molecule has 0 fully saturated rings. The van der Waals surface area contributed by atoms with Gasteiger partial charge in [-0.05, 0) is 79.4 Å². The van der Waals surface area contributed by atoms with Crippen molar-refractivity contribution in [3.8, 4) is 0 Å². The normalized spacial score (nSPS) is 20.5. The van der Waals surface area contributed by atoms with Crippen LogP contribution >= 0.6 is 0 Å². The Morgan fingerprint density at radius 1 is 1.06 bits per heavy atom. The Labute approximate surface area is 214 Å². The Hall–Kier alpha value is -2.20. The zero-order chi connectivity index (χ0) is 25.1. The van der Waals surface area contributed by atoms with Gasteiger partial charge in [-0.25, -0.2) is 0 Å². The van der Waals surface area contributed by atoms with E-state index in [2.05, 4.69) is 100 Å². The lowest BCUT2D eigenvalue weighted by Crippen LogP contribution is -2.64. The molecule has 0 saturated carbocycles. The van der Waals surface area contributed by atoms with E-state index in [0.717, 1.165) is 31.3 Å². The predicted octanol–water partition coefficient (Wildman–Crippen LogP) is 7.15. The Kier molecular flexibility index (Phi) is 10.8. The molecule has 1 heterocycles. The molecule has 1 unspecified atom stereocenters. The molecule has 0 aromatic heterocycles. The highest BCUT2D eigenvalue weighted by Gasteiger charge is 2.46. The molecule has 3 heteroatoms. The van der Waals surface area contributed by atoms with E-state index < -0.39 is 8.32 Å². The molecule has 0 amide bonds. The average molecular weight is 489 g/mol. The van der Waals surface area contributed by atoms with Gasteiger partial charge < -0.3 is 9.16 Å². The fourth-order valence-corrected chi connectivity index (χ4v) is 9.67. The molecule has 2 nitrogen and oxygen atoms in total. The molecule has 1 aliphatic heterocycles. The molecule has 3 rings (SSSR count). The fourth-order valence-electron chi connectivity index (χ4n) is 5.27. The van der Waals surface area contributed by atoms with Gasteiger partial charge >= 0.3 is 0 Å². The number of ether oxygens (including phenoxy) is 1. The van der Waals surface area contributed by atoms with Gasteiger partial charge in [0.05, 0.1) is 6.61 Å². The van der Waals surface area contributed by atoms with Gasteiger partial charge in [0.25, 0.3) is 8.32 Å². The smallest absolute Gasteiger partial charge is 0.288 e. The van der Waals surface area contributed by atoms with Gasteiger partial charge in [-0.2, -0.15) is 0 Å². The first-order valence-electron chi connectivity index (χ1n) is 13.3. The van der Waals surface area contributed by atoms with E-state index >= 15 is 0 Å². The lowest BCUT2D eigenvalue weighted by molar-refractivity contribution is 0.154. The van der Waals surface area contributed by atoms with Crippen molar-refractivity contribution < 1.29 is 9.16 Å². The van der Waals surface area contributed by atoms with Crippen molar-refractivity contribution >= 4 is 18.7 Å². The first kappa shape index (κ1) is 27.4. The highest BCUT2D eigenvalue weighted by Crippen LogP contribution is 2.31. The van der Waals surface area contributed by atoms with E-state index in [1.165, 1.54) is 40.4 Å². The van der Waals surface area contributed by atoms with Crippen molar-refractivity contribution in [1.82, 2.24) is 0 Å². The van der Waals surface area contributed by atoms with Crippen LogP contribution in [0.5, 0.6) is 0 Å². The number of allylic oxidation sites excluding steroid dienone is 3. The van der Waals surface area contributed by atoms with Crippen LogP contribution in [-0.2, 0) is 9.16 Å². The van der Waals surface area contributed by atoms with Crippen LogP contribution in [0.4, 0.5) is 0 Å². The maximum absolute atomic E-state index is 7.55. The monoisotopic (exact) mass is 488 g/mol. The molecule has 1 aliphatic rings. The molecule has 0 spiro atoms. The van der Waals surface area contributed by atoms with Crippen molar-refractivity contribution in [2.45, 2.75) is 71.8 Å². The Morgan fingerprint density at radius 3 is 2.26 bits per heavy atom. The lowest BCUT2D eigenvalue weighted by atomic mass is 9.95. The molecule has 0 saturated heterocycles. The first-order chi connectivity index (χ1) is 17.0. The standard InChI is InChI=1S/C32H44O2Si/c1-26(2)16-15-17-27(3)24-29-18-9-6-14-23-32(28(4)25-33-5)35(34-29,30-19-10-7-11-20-30)31-21-12-8-13-22-31/h7-8,10-13,16,19-23,27,29H,4,6,9,14-15,17-18,24-25H2,1-3,5H3/b32-23-/t27-,29?/m0/s1. The second-order valence-corrected chi connectivity index (χ2v) is 13.6. The minimum absolute atomic E-state index is 0.223. The fraction of sp³-hybridized carbons (Fsp3) is 0.438. The van der Waals surface area contributed by atoms with E-state index in [1.54, 1.807) is 7.11 Å². The van der Waals surface area contributed by atoms with E-state index in [9.17, 15) is 0 Å². The van der Waals surface area contributed by atoms with Gasteiger partial charge in [-0.3, -0.25) is 0 Å². The summed E-state index contributed by atoms with van der Waals surface area (Å²) in [6.07, 6.45) is 13.0. The molecular weight excluding hydrogens is 444 g/mol. The molecule has 188 valence electrons. The summed E-state index contributed by atoms with van der Waals surface area (Å²) in [5, 5.41) is 3.86. The predicted molar refractivity (Wildman–Crippen MR) is 153 cm³/mol. The second kappa shape index (κ2) is 13.8. The van der Waals surface area contributed by atoms with E-state index in [-0.39, 0.29) is 6.10 Å². The molecule has 35 heavy (non-hydrogen) atoms. The topological polar surface area (TPSA) is 18.5 Å². The van der Waals surface area contributed by atoms with Crippen LogP contribution in [0.1, 0.15) is 65.7 Å². The maximum Gasteiger partial charge on any atom is 0.288 e. The highest BCUT2D eigenvalue weighted by atomic mass is 28.4. The lowest BCUT2D eigenvalue weighted by Gasteiger charge is -2.39. The minimum atomic E-state index is -2.79. The maximum atomic E-state index is 7.55.